The summed E-state index contributed by atoms with van der Waals surface area (Å²) < 4.78 is 0. The van der Waals surface area contributed by atoms with Crippen molar-refractivity contribution >= 4 is 11.5 Å². The fourth-order valence-corrected chi connectivity index (χ4v) is 1.68. The first-order valence-electron chi connectivity index (χ1n) is 5.99. The van der Waals surface area contributed by atoms with Gasteiger partial charge >= 0.3 is 0 Å². The van der Waals surface area contributed by atoms with Gasteiger partial charge in [-0.3, -0.25) is 0 Å². The Morgan fingerprint density at radius 1 is 1.56 bits per heavy atom. The average molecular weight is 248 g/mol. The Balaban J connectivity index is 2.66. The van der Waals surface area contributed by atoms with E-state index in [1.165, 1.54) is 6.20 Å². The monoisotopic (exact) mass is 248 g/mol. The molecule has 18 heavy (non-hydrogen) atoms. The van der Waals surface area contributed by atoms with Crippen molar-refractivity contribution in [2.75, 3.05) is 24.2 Å². The van der Waals surface area contributed by atoms with Crippen molar-refractivity contribution < 1.29 is 5.11 Å². The van der Waals surface area contributed by atoms with Crippen LogP contribution in [0.1, 0.15) is 32.3 Å². The lowest BCUT2D eigenvalue weighted by atomic mass is 9.88. The van der Waals surface area contributed by atoms with E-state index in [4.69, 9.17) is 16.1 Å². The smallest absolute Gasteiger partial charge is 0.144 e. The van der Waals surface area contributed by atoms with Gasteiger partial charge < -0.3 is 16.2 Å². The molecule has 0 fully saturated rings. The average Bonchev–Trinajstić information content (AvgIpc) is 2.35. The fraction of sp³-hybridized carbons (Fsp3) is 0.538. The van der Waals surface area contributed by atoms with Crippen molar-refractivity contribution in [2.45, 2.75) is 26.7 Å². The van der Waals surface area contributed by atoms with Gasteiger partial charge in [-0.1, -0.05) is 13.8 Å². The molecule has 0 aliphatic carbocycles. The molecule has 1 aromatic heterocycles. The van der Waals surface area contributed by atoms with E-state index in [2.05, 4.69) is 30.2 Å². The molecule has 0 atom stereocenters. The summed E-state index contributed by atoms with van der Waals surface area (Å²) >= 11 is 0. The van der Waals surface area contributed by atoms with Crippen molar-refractivity contribution in [1.82, 2.24) is 4.98 Å². The van der Waals surface area contributed by atoms with E-state index in [0.29, 0.717) is 23.6 Å². The second-order valence-electron chi connectivity index (χ2n) is 5.12. The molecule has 1 heterocycles. The molecule has 0 spiro atoms. The van der Waals surface area contributed by atoms with E-state index in [0.717, 1.165) is 12.8 Å². The molecule has 0 aromatic carbocycles. The minimum absolute atomic E-state index is 0.0402. The number of rotatable bonds is 6. The van der Waals surface area contributed by atoms with Gasteiger partial charge in [0.05, 0.1) is 17.4 Å². The predicted octanol–water partition coefficient (Wildman–Crippen LogP) is 1.75. The van der Waals surface area contributed by atoms with Crippen molar-refractivity contribution in [3.05, 3.63) is 17.8 Å². The van der Waals surface area contributed by atoms with Crippen LogP contribution in [0.4, 0.5) is 11.5 Å². The number of hydrogen-bond acceptors (Lipinski definition) is 5. The van der Waals surface area contributed by atoms with E-state index < -0.39 is 0 Å². The number of nitrogen functional groups attached to an aromatic ring is 1. The highest BCUT2D eigenvalue weighted by Gasteiger charge is 2.18. The van der Waals surface area contributed by atoms with Crippen molar-refractivity contribution in [3.63, 3.8) is 0 Å². The first-order valence-corrected chi connectivity index (χ1v) is 5.99. The van der Waals surface area contributed by atoms with Gasteiger partial charge in [0, 0.05) is 13.2 Å². The Hall–Kier alpha value is -1.80. The molecule has 0 radical (unpaired) electrons. The summed E-state index contributed by atoms with van der Waals surface area (Å²) in [6.07, 6.45) is 3.21. The maximum absolute atomic E-state index is 9.00. The van der Waals surface area contributed by atoms with E-state index in [1.54, 1.807) is 6.07 Å². The van der Waals surface area contributed by atoms with Crippen LogP contribution in [0.2, 0.25) is 0 Å². The lowest BCUT2D eigenvalue weighted by Gasteiger charge is -2.25. The minimum atomic E-state index is 0.0402. The number of hydrogen-bond donors (Lipinski definition) is 3. The van der Waals surface area contributed by atoms with E-state index >= 15 is 0 Å². The Labute approximate surface area is 108 Å². The Morgan fingerprint density at radius 2 is 2.28 bits per heavy atom. The summed E-state index contributed by atoms with van der Waals surface area (Å²) in [6.45, 7) is 5.11. The van der Waals surface area contributed by atoms with Crippen LogP contribution in [0.15, 0.2) is 12.3 Å². The first-order chi connectivity index (χ1) is 8.48. The van der Waals surface area contributed by atoms with Gasteiger partial charge in [0.2, 0.25) is 0 Å². The first kappa shape index (κ1) is 14.3. The van der Waals surface area contributed by atoms with Crippen LogP contribution in [0, 0.1) is 16.7 Å². The summed E-state index contributed by atoms with van der Waals surface area (Å²) in [7, 11) is 0. The molecular formula is C13H20N4O. The van der Waals surface area contributed by atoms with Crippen LogP contribution in [0.3, 0.4) is 0 Å². The van der Waals surface area contributed by atoms with Gasteiger partial charge in [0.1, 0.15) is 11.9 Å². The predicted molar refractivity (Wildman–Crippen MR) is 72.0 cm³/mol. The summed E-state index contributed by atoms with van der Waals surface area (Å²) in [5, 5.41) is 21.0. The molecule has 5 heteroatoms. The normalized spacial score (nSPS) is 11.0. The highest BCUT2D eigenvalue weighted by Crippen LogP contribution is 2.23. The molecule has 4 N–H and O–H groups in total. The topological polar surface area (TPSA) is 95.0 Å². The quantitative estimate of drug-likeness (QED) is 0.712. The molecule has 0 aliphatic rings. The number of nitrogens with two attached hydrogens (primary N) is 1. The molecule has 0 amide bonds. The summed E-state index contributed by atoms with van der Waals surface area (Å²) in [5.74, 6) is 0.559. The van der Waals surface area contributed by atoms with Crippen molar-refractivity contribution in [1.29, 1.82) is 5.26 Å². The second kappa shape index (κ2) is 6.22. The molecule has 0 unspecified atom stereocenters. The largest absolute Gasteiger partial charge is 0.397 e. The molecule has 1 rings (SSSR count). The minimum Gasteiger partial charge on any atom is -0.397 e. The number of nitriles is 1. The summed E-state index contributed by atoms with van der Waals surface area (Å²) in [6, 6.07) is 3.68. The van der Waals surface area contributed by atoms with Gasteiger partial charge in [0.25, 0.3) is 0 Å². The van der Waals surface area contributed by atoms with Crippen LogP contribution < -0.4 is 11.1 Å². The summed E-state index contributed by atoms with van der Waals surface area (Å²) in [5.41, 5.74) is 6.56. The van der Waals surface area contributed by atoms with Gasteiger partial charge in [-0.15, -0.1) is 0 Å². The lowest BCUT2D eigenvalue weighted by molar-refractivity contribution is 0.248. The zero-order valence-electron chi connectivity index (χ0n) is 10.9. The zero-order valence-corrected chi connectivity index (χ0v) is 10.9. The zero-order chi connectivity index (χ0) is 13.6. The number of pyridine rings is 1. The highest BCUT2D eigenvalue weighted by atomic mass is 16.2. The van der Waals surface area contributed by atoms with Crippen LogP contribution in [-0.2, 0) is 0 Å². The Morgan fingerprint density at radius 3 is 2.89 bits per heavy atom. The SMILES string of the molecule is CC(C)(CCCO)CNc1ncc(N)cc1C#N. The van der Waals surface area contributed by atoms with Crippen LogP contribution in [-0.4, -0.2) is 23.2 Å². The fourth-order valence-electron chi connectivity index (χ4n) is 1.68. The van der Waals surface area contributed by atoms with E-state index in [1.807, 2.05) is 0 Å². The number of nitrogens with zero attached hydrogens (tertiary/aromatic N) is 2. The van der Waals surface area contributed by atoms with Crippen molar-refractivity contribution in [3.8, 4) is 6.07 Å². The Kier molecular flexibility index (Phi) is 4.93. The van der Waals surface area contributed by atoms with E-state index in [-0.39, 0.29) is 12.0 Å². The van der Waals surface area contributed by atoms with Gasteiger partial charge in [-0.05, 0) is 24.3 Å². The number of aliphatic hydroxyl groups excluding tert-OH is 1. The number of aromatic nitrogens is 1. The molecule has 98 valence electrons. The second-order valence-corrected chi connectivity index (χ2v) is 5.12. The molecule has 0 aliphatic heterocycles. The number of anilines is 2. The maximum atomic E-state index is 9.00. The molecule has 0 bridgehead atoms. The van der Waals surface area contributed by atoms with Crippen LogP contribution >= 0.6 is 0 Å². The highest BCUT2D eigenvalue weighted by molar-refractivity contribution is 5.57. The number of aliphatic hydroxyl groups is 1. The third-order valence-corrected chi connectivity index (χ3v) is 2.78. The van der Waals surface area contributed by atoms with Gasteiger partial charge in [-0.2, -0.15) is 5.26 Å². The molecule has 0 saturated heterocycles. The lowest BCUT2D eigenvalue weighted by Crippen LogP contribution is -2.24. The standard InChI is InChI=1S/C13H20N4O/c1-13(2,4-3-5-18)9-17-12-10(7-14)6-11(15)8-16-12/h6,8,18H,3-5,9,15H2,1-2H3,(H,16,17). The van der Waals surface area contributed by atoms with Gasteiger partial charge in [0.15, 0.2) is 0 Å². The van der Waals surface area contributed by atoms with Gasteiger partial charge in [-0.25, -0.2) is 4.98 Å². The third kappa shape index (κ3) is 4.22. The molecule has 5 nitrogen and oxygen atoms in total. The van der Waals surface area contributed by atoms with Crippen molar-refractivity contribution in [2.24, 2.45) is 5.41 Å². The van der Waals surface area contributed by atoms with E-state index in [9.17, 15) is 0 Å². The Bertz CT molecular complexity index is 437. The third-order valence-electron chi connectivity index (χ3n) is 2.78. The molecule has 1 aromatic rings. The summed E-state index contributed by atoms with van der Waals surface area (Å²) in [4.78, 5) is 4.12. The van der Waals surface area contributed by atoms with Crippen LogP contribution in [0.25, 0.3) is 0 Å². The number of nitrogens with one attached hydrogen (secondary N) is 1. The van der Waals surface area contributed by atoms with Crippen LogP contribution in [0.5, 0.6) is 0 Å². The molecular weight excluding hydrogens is 228 g/mol. The molecule has 0 saturated carbocycles. The maximum Gasteiger partial charge on any atom is 0.144 e.